The summed E-state index contributed by atoms with van der Waals surface area (Å²) >= 11 is 0. The average molecular weight is 391 g/mol. The number of carbonyl (C=O) groups is 2. The van der Waals surface area contributed by atoms with Crippen LogP contribution in [0, 0.1) is 27.7 Å². The van der Waals surface area contributed by atoms with Gasteiger partial charge in [0.1, 0.15) is 0 Å². The molecule has 0 spiro atoms. The molecule has 0 aliphatic carbocycles. The molecule has 0 aliphatic rings. The zero-order chi connectivity index (χ0) is 21.0. The first-order valence-corrected chi connectivity index (χ1v) is 9.49. The topological polar surface area (TPSA) is 73.2 Å². The molecule has 0 radical (unpaired) electrons. The van der Waals surface area contributed by atoms with E-state index in [2.05, 4.69) is 10.4 Å². The molecule has 0 atom stereocenters. The molecule has 150 valence electrons. The van der Waals surface area contributed by atoms with Crippen molar-refractivity contribution < 1.29 is 14.3 Å². The number of para-hydroxylation sites is 2. The third-order valence-electron chi connectivity index (χ3n) is 4.87. The van der Waals surface area contributed by atoms with Gasteiger partial charge in [0.15, 0.2) is 6.61 Å². The molecule has 6 heteroatoms. The van der Waals surface area contributed by atoms with Crippen molar-refractivity contribution in [2.24, 2.45) is 0 Å². The highest BCUT2D eigenvalue weighted by Gasteiger charge is 2.18. The lowest BCUT2D eigenvalue weighted by Crippen LogP contribution is -2.22. The number of anilines is 1. The van der Waals surface area contributed by atoms with E-state index in [4.69, 9.17) is 4.74 Å². The second-order valence-corrected chi connectivity index (χ2v) is 7.05. The van der Waals surface area contributed by atoms with Crippen molar-refractivity contribution in [1.29, 1.82) is 0 Å². The van der Waals surface area contributed by atoms with Crippen LogP contribution in [0.25, 0.3) is 5.69 Å². The number of rotatable bonds is 6. The summed E-state index contributed by atoms with van der Waals surface area (Å²) in [6.45, 7) is 7.30. The van der Waals surface area contributed by atoms with Gasteiger partial charge in [-0.05, 0) is 51.0 Å². The number of hydrogen-bond acceptors (Lipinski definition) is 4. The van der Waals surface area contributed by atoms with Gasteiger partial charge in [-0.3, -0.25) is 9.59 Å². The lowest BCUT2D eigenvalue weighted by Gasteiger charge is -2.11. The Labute approximate surface area is 170 Å². The second kappa shape index (κ2) is 8.73. The summed E-state index contributed by atoms with van der Waals surface area (Å²) in [6.07, 6.45) is 0.0706. The lowest BCUT2D eigenvalue weighted by atomic mass is 10.1. The fourth-order valence-corrected chi connectivity index (χ4v) is 3.28. The van der Waals surface area contributed by atoms with Gasteiger partial charge < -0.3 is 10.1 Å². The molecule has 0 fully saturated rings. The summed E-state index contributed by atoms with van der Waals surface area (Å²) < 4.78 is 7.01. The molecule has 0 saturated heterocycles. The highest BCUT2D eigenvalue weighted by molar-refractivity contribution is 5.94. The SMILES string of the molecule is Cc1cccc(C)c1NC(=O)COC(=O)Cc1c(C)nn(-c2ccccc2)c1C. The summed E-state index contributed by atoms with van der Waals surface area (Å²) in [6, 6.07) is 15.5. The molecule has 29 heavy (non-hydrogen) atoms. The Bertz CT molecular complexity index is 1020. The highest BCUT2D eigenvalue weighted by atomic mass is 16.5. The van der Waals surface area contributed by atoms with E-state index >= 15 is 0 Å². The molecule has 3 aromatic rings. The molecule has 6 nitrogen and oxygen atoms in total. The van der Waals surface area contributed by atoms with Crippen molar-refractivity contribution in [3.63, 3.8) is 0 Å². The minimum absolute atomic E-state index is 0.0706. The first kappa shape index (κ1) is 20.3. The normalized spacial score (nSPS) is 10.6. The molecular formula is C23H25N3O3. The van der Waals surface area contributed by atoms with Gasteiger partial charge in [0.25, 0.3) is 5.91 Å². The van der Waals surface area contributed by atoms with Gasteiger partial charge in [0.2, 0.25) is 0 Å². The van der Waals surface area contributed by atoms with Crippen molar-refractivity contribution in [2.45, 2.75) is 34.1 Å². The summed E-state index contributed by atoms with van der Waals surface area (Å²) in [7, 11) is 0. The minimum Gasteiger partial charge on any atom is -0.455 e. The highest BCUT2D eigenvalue weighted by Crippen LogP contribution is 2.20. The number of esters is 1. The molecule has 0 aliphatic heterocycles. The van der Waals surface area contributed by atoms with E-state index in [1.54, 1.807) is 0 Å². The largest absolute Gasteiger partial charge is 0.455 e. The Balaban J connectivity index is 1.61. The number of nitrogens with zero attached hydrogens (tertiary/aromatic N) is 2. The van der Waals surface area contributed by atoms with Crippen LogP contribution < -0.4 is 5.32 Å². The van der Waals surface area contributed by atoms with Gasteiger partial charge >= 0.3 is 5.97 Å². The monoisotopic (exact) mass is 391 g/mol. The van der Waals surface area contributed by atoms with E-state index in [0.717, 1.165) is 39.5 Å². The molecule has 0 unspecified atom stereocenters. The van der Waals surface area contributed by atoms with Crippen LogP contribution in [-0.2, 0) is 20.7 Å². The van der Waals surface area contributed by atoms with E-state index in [-0.39, 0.29) is 18.9 Å². The predicted octanol–water partition coefficient (Wildman–Crippen LogP) is 3.83. The Morgan fingerprint density at radius 2 is 1.62 bits per heavy atom. The van der Waals surface area contributed by atoms with Gasteiger partial charge in [-0.15, -0.1) is 0 Å². The molecule has 1 amide bonds. The lowest BCUT2D eigenvalue weighted by molar-refractivity contribution is -0.146. The predicted molar refractivity (Wildman–Crippen MR) is 112 cm³/mol. The van der Waals surface area contributed by atoms with Crippen molar-refractivity contribution in [3.8, 4) is 5.69 Å². The number of aromatic nitrogens is 2. The van der Waals surface area contributed by atoms with Gasteiger partial charge in [0.05, 0.1) is 17.8 Å². The second-order valence-electron chi connectivity index (χ2n) is 7.05. The Kier molecular flexibility index (Phi) is 6.12. The van der Waals surface area contributed by atoms with Crippen molar-refractivity contribution >= 4 is 17.6 Å². The molecule has 0 bridgehead atoms. The summed E-state index contributed by atoms with van der Waals surface area (Å²) in [5.41, 5.74) is 6.07. The molecule has 1 heterocycles. The number of aryl methyl sites for hydroxylation is 3. The summed E-state index contributed by atoms with van der Waals surface area (Å²) in [5, 5.41) is 7.35. The number of nitrogens with one attached hydrogen (secondary N) is 1. The first-order valence-electron chi connectivity index (χ1n) is 9.49. The molecule has 1 aromatic heterocycles. The summed E-state index contributed by atoms with van der Waals surface area (Å²) in [5.74, 6) is -0.815. The van der Waals surface area contributed by atoms with E-state index in [9.17, 15) is 9.59 Å². The number of benzene rings is 2. The molecule has 2 aromatic carbocycles. The van der Waals surface area contributed by atoms with E-state index < -0.39 is 5.97 Å². The third-order valence-corrected chi connectivity index (χ3v) is 4.87. The number of hydrogen-bond donors (Lipinski definition) is 1. The molecule has 1 N–H and O–H groups in total. The third kappa shape index (κ3) is 4.71. The Morgan fingerprint density at radius 1 is 0.966 bits per heavy atom. The maximum atomic E-state index is 12.3. The molecular weight excluding hydrogens is 366 g/mol. The van der Waals surface area contributed by atoms with Gasteiger partial charge in [-0.2, -0.15) is 5.10 Å². The maximum Gasteiger partial charge on any atom is 0.310 e. The number of amides is 1. The van der Waals surface area contributed by atoms with Crippen LogP contribution in [0.2, 0.25) is 0 Å². The average Bonchev–Trinajstić information content (AvgIpc) is 2.98. The van der Waals surface area contributed by atoms with Crippen LogP contribution in [0.3, 0.4) is 0 Å². The Morgan fingerprint density at radius 3 is 2.28 bits per heavy atom. The van der Waals surface area contributed by atoms with E-state index in [0.29, 0.717) is 0 Å². The van der Waals surface area contributed by atoms with Crippen molar-refractivity contribution in [1.82, 2.24) is 9.78 Å². The van der Waals surface area contributed by atoms with E-state index in [1.807, 2.05) is 80.9 Å². The van der Waals surface area contributed by atoms with Crippen LogP contribution in [-0.4, -0.2) is 28.3 Å². The van der Waals surface area contributed by atoms with Gasteiger partial charge in [-0.1, -0.05) is 36.4 Å². The van der Waals surface area contributed by atoms with Crippen LogP contribution in [0.4, 0.5) is 5.69 Å². The Hall–Kier alpha value is -3.41. The van der Waals surface area contributed by atoms with Crippen LogP contribution in [0.5, 0.6) is 0 Å². The van der Waals surface area contributed by atoms with E-state index in [1.165, 1.54) is 0 Å². The van der Waals surface area contributed by atoms with Crippen LogP contribution in [0.1, 0.15) is 28.1 Å². The fraction of sp³-hybridized carbons (Fsp3) is 0.261. The quantitative estimate of drug-likeness (QED) is 0.648. The maximum absolute atomic E-state index is 12.3. The van der Waals surface area contributed by atoms with Crippen LogP contribution in [0.15, 0.2) is 48.5 Å². The molecule has 0 saturated carbocycles. The zero-order valence-corrected chi connectivity index (χ0v) is 17.2. The number of carbonyl (C=O) groups excluding carboxylic acids is 2. The molecule has 3 rings (SSSR count). The number of ether oxygens (including phenoxy) is 1. The van der Waals surface area contributed by atoms with Crippen molar-refractivity contribution in [2.75, 3.05) is 11.9 Å². The van der Waals surface area contributed by atoms with Gasteiger partial charge in [-0.25, -0.2) is 4.68 Å². The smallest absolute Gasteiger partial charge is 0.310 e. The standard InChI is InChI=1S/C23H25N3O3/c1-15-9-8-10-16(2)23(15)24-21(27)14-29-22(28)13-20-17(3)25-26(18(20)4)19-11-6-5-7-12-19/h5-12H,13-14H2,1-4H3,(H,24,27). The van der Waals surface area contributed by atoms with Crippen molar-refractivity contribution in [3.05, 3.63) is 76.6 Å². The van der Waals surface area contributed by atoms with Gasteiger partial charge in [0, 0.05) is 16.9 Å². The minimum atomic E-state index is -0.458. The fourth-order valence-electron chi connectivity index (χ4n) is 3.28. The van der Waals surface area contributed by atoms with Crippen LogP contribution >= 0.6 is 0 Å². The summed E-state index contributed by atoms with van der Waals surface area (Å²) in [4.78, 5) is 24.5. The first-order chi connectivity index (χ1) is 13.9. The zero-order valence-electron chi connectivity index (χ0n) is 17.2.